The van der Waals surface area contributed by atoms with E-state index in [0.717, 1.165) is 5.56 Å². The van der Waals surface area contributed by atoms with Crippen LogP contribution in [0.25, 0.3) is 0 Å². The molecule has 0 heterocycles. The summed E-state index contributed by atoms with van der Waals surface area (Å²) in [5.74, 6) is -0.935. The number of hydrogen-bond acceptors (Lipinski definition) is 2. The summed E-state index contributed by atoms with van der Waals surface area (Å²) in [7, 11) is 0. The standard InChI is InChI=1S/C9H11FO2/c1-6-4-7(2-3-11)5-8(12)9(6)10/h4-5,11-12H,2-3H2,1H3. The van der Waals surface area contributed by atoms with Crippen molar-refractivity contribution in [1.82, 2.24) is 0 Å². The molecule has 1 aromatic rings. The maximum atomic E-state index is 12.8. The molecular weight excluding hydrogens is 159 g/mol. The van der Waals surface area contributed by atoms with Crippen molar-refractivity contribution in [2.75, 3.05) is 6.61 Å². The summed E-state index contributed by atoms with van der Waals surface area (Å²) in [6.45, 7) is 1.58. The topological polar surface area (TPSA) is 40.5 Å². The summed E-state index contributed by atoms with van der Waals surface area (Å²) in [6.07, 6.45) is 0.439. The predicted octanol–water partition coefficient (Wildman–Crippen LogP) is 1.37. The number of aromatic hydroxyl groups is 1. The molecule has 0 saturated heterocycles. The molecule has 1 aromatic carbocycles. The van der Waals surface area contributed by atoms with Crippen LogP contribution in [0.3, 0.4) is 0 Å². The molecule has 0 radical (unpaired) electrons. The summed E-state index contributed by atoms with van der Waals surface area (Å²) in [6, 6.07) is 2.95. The monoisotopic (exact) mass is 170 g/mol. The molecule has 0 spiro atoms. The van der Waals surface area contributed by atoms with Crippen molar-refractivity contribution in [2.45, 2.75) is 13.3 Å². The lowest BCUT2D eigenvalue weighted by molar-refractivity contribution is 0.299. The Kier molecular flexibility index (Phi) is 2.65. The third-order valence-corrected chi connectivity index (χ3v) is 1.70. The van der Waals surface area contributed by atoms with Crippen LogP contribution >= 0.6 is 0 Å². The van der Waals surface area contributed by atoms with Crippen molar-refractivity contribution in [3.05, 3.63) is 29.1 Å². The Bertz CT molecular complexity index is 261. The molecule has 0 unspecified atom stereocenters. The van der Waals surface area contributed by atoms with Gasteiger partial charge in [-0.1, -0.05) is 6.07 Å². The van der Waals surface area contributed by atoms with Crippen molar-refractivity contribution in [3.8, 4) is 5.75 Å². The first-order chi connectivity index (χ1) is 5.65. The zero-order valence-electron chi connectivity index (χ0n) is 6.84. The molecule has 0 amide bonds. The number of benzene rings is 1. The van der Waals surface area contributed by atoms with Gasteiger partial charge in [-0.05, 0) is 30.5 Å². The average molecular weight is 170 g/mol. The molecule has 3 heteroatoms. The Morgan fingerprint density at radius 1 is 1.42 bits per heavy atom. The van der Waals surface area contributed by atoms with E-state index in [-0.39, 0.29) is 12.4 Å². The van der Waals surface area contributed by atoms with Crippen molar-refractivity contribution < 1.29 is 14.6 Å². The van der Waals surface area contributed by atoms with Gasteiger partial charge in [-0.3, -0.25) is 0 Å². The highest BCUT2D eigenvalue weighted by atomic mass is 19.1. The minimum Gasteiger partial charge on any atom is -0.505 e. The molecule has 12 heavy (non-hydrogen) atoms. The van der Waals surface area contributed by atoms with E-state index < -0.39 is 5.82 Å². The summed E-state index contributed by atoms with van der Waals surface area (Å²) >= 11 is 0. The third-order valence-electron chi connectivity index (χ3n) is 1.70. The second kappa shape index (κ2) is 3.54. The fourth-order valence-corrected chi connectivity index (χ4v) is 1.10. The molecule has 2 nitrogen and oxygen atoms in total. The van der Waals surface area contributed by atoms with Crippen molar-refractivity contribution in [1.29, 1.82) is 0 Å². The van der Waals surface area contributed by atoms with Crippen molar-refractivity contribution in [2.24, 2.45) is 0 Å². The number of aliphatic hydroxyl groups excluding tert-OH is 1. The molecule has 0 aliphatic carbocycles. The number of hydrogen-bond donors (Lipinski definition) is 2. The molecule has 0 aromatic heterocycles. The second-order valence-electron chi connectivity index (χ2n) is 2.72. The molecule has 2 N–H and O–H groups in total. The minimum atomic E-state index is -0.586. The van der Waals surface area contributed by atoms with Crippen molar-refractivity contribution in [3.63, 3.8) is 0 Å². The number of phenolic OH excluding ortho intramolecular Hbond substituents is 1. The maximum Gasteiger partial charge on any atom is 0.167 e. The molecular formula is C9H11FO2. The smallest absolute Gasteiger partial charge is 0.167 e. The van der Waals surface area contributed by atoms with Gasteiger partial charge in [0.15, 0.2) is 11.6 Å². The predicted molar refractivity (Wildman–Crippen MR) is 43.6 cm³/mol. The molecule has 0 aliphatic heterocycles. The molecule has 66 valence electrons. The number of phenols is 1. The lowest BCUT2D eigenvalue weighted by atomic mass is 10.1. The van der Waals surface area contributed by atoms with Crippen LogP contribution in [0.2, 0.25) is 0 Å². The Labute approximate surface area is 70.3 Å². The Balaban J connectivity index is 3.04. The lowest BCUT2D eigenvalue weighted by Gasteiger charge is -2.03. The number of rotatable bonds is 2. The van der Waals surface area contributed by atoms with Crippen LogP contribution in [0.15, 0.2) is 12.1 Å². The Morgan fingerprint density at radius 3 is 2.58 bits per heavy atom. The summed E-state index contributed by atoms with van der Waals surface area (Å²) in [5.41, 5.74) is 1.15. The van der Waals surface area contributed by atoms with E-state index in [0.29, 0.717) is 12.0 Å². The normalized spacial score (nSPS) is 10.2. The summed E-state index contributed by atoms with van der Waals surface area (Å²) in [4.78, 5) is 0. The quantitative estimate of drug-likeness (QED) is 0.703. The largest absolute Gasteiger partial charge is 0.505 e. The van der Waals surface area contributed by atoms with Crippen LogP contribution in [-0.2, 0) is 6.42 Å². The van der Waals surface area contributed by atoms with E-state index in [1.54, 1.807) is 13.0 Å². The van der Waals surface area contributed by atoms with Crippen LogP contribution in [0, 0.1) is 12.7 Å². The van der Waals surface area contributed by atoms with Crippen LogP contribution in [0.4, 0.5) is 4.39 Å². The van der Waals surface area contributed by atoms with Gasteiger partial charge in [-0.25, -0.2) is 4.39 Å². The highest BCUT2D eigenvalue weighted by Gasteiger charge is 2.05. The molecule has 1 rings (SSSR count). The van der Waals surface area contributed by atoms with Gasteiger partial charge in [-0.15, -0.1) is 0 Å². The molecule has 0 bridgehead atoms. The van der Waals surface area contributed by atoms with Gasteiger partial charge in [0.05, 0.1) is 0 Å². The van der Waals surface area contributed by atoms with Crippen molar-refractivity contribution >= 4 is 0 Å². The molecule has 0 atom stereocenters. The van der Waals surface area contributed by atoms with E-state index in [2.05, 4.69) is 0 Å². The lowest BCUT2D eigenvalue weighted by Crippen LogP contribution is -1.93. The second-order valence-corrected chi connectivity index (χ2v) is 2.72. The Hall–Kier alpha value is -1.09. The van der Waals surface area contributed by atoms with Crippen LogP contribution in [0.5, 0.6) is 5.75 Å². The van der Waals surface area contributed by atoms with E-state index in [1.807, 2.05) is 0 Å². The average Bonchev–Trinajstić information content (AvgIpc) is 2.01. The van der Waals surface area contributed by atoms with Crippen LogP contribution < -0.4 is 0 Å². The summed E-state index contributed by atoms with van der Waals surface area (Å²) in [5, 5.41) is 17.6. The molecule has 0 fully saturated rings. The van der Waals surface area contributed by atoms with Crippen LogP contribution in [0.1, 0.15) is 11.1 Å². The van der Waals surface area contributed by atoms with Gasteiger partial charge in [0, 0.05) is 6.61 Å². The maximum absolute atomic E-state index is 12.8. The van der Waals surface area contributed by atoms with E-state index in [9.17, 15) is 4.39 Å². The van der Waals surface area contributed by atoms with Gasteiger partial charge in [0.1, 0.15) is 0 Å². The molecule has 0 saturated carbocycles. The van der Waals surface area contributed by atoms with Gasteiger partial charge in [0.2, 0.25) is 0 Å². The van der Waals surface area contributed by atoms with Gasteiger partial charge in [-0.2, -0.15) is 0 Å². The Morgan fingerprint density at radius 2 is 2.08 bits per heavy atom. The number of aliphatic hydroxyl groups is 1. The number of aryl methyl sites for hydroxylation is 1. The first-order valence-corrected chi connectivity index (χ1v) is 3.74. The third kappa shape index (κ3) is 1.74. The summed E-state index contributed by atoms with van der Waals surface area (Å²) < 4.78 is 12.8. The number of halogens is 1. The van der Waals surface area contributed by atoms with Gasteiger partial charge < -0.3 is 10.2 Å². The first kappa shape index (κ1) is 9.00. The zero-order chi connectivity index (χ0) is 9.14. The minimum absolute atomic E-state index is 0.00448. The SMILES string of the molecule is Cc1cc(CCO)cc(O)c1F. The fourth-order valence-electron chi connectivity index (χ4n) is 1.10. The zero-order valence-corrected chi connectivity index (χ0v) is 6.84. The van der Waals surface area contributed by atoms with Crippen LogP contribution in [-0.4, -0.2) is 16.8 Å². The van der Waals surface area contributed by atoms with Gasteiger partial charge >= 0.3 is 0 Å². The first-order valence-electron chi connectivity index (χ1n) is 3.74. The van der Waals surface area contributed by atoms with Gasteiger partial charge in [0.25, 0.3) is 0 Å². The van der Waals surface area contributed by atoms with E-state index >= 15 is 0 Å². The van der Waals surface area contributed by atoms with E-state index in [4.69, 9.17) is 10.2 Å². The highest BCUT2D eigenvalue weighted by molar-refractivity contribution is 5.34. The molecule has 0 aliphatic rings. The highest BCUT2D eigenvalue weighted by Crippen LogP contribution is 2.21. The fraction of sp³-hybridized carbons (Fsp3) is 0.333. The van der Waals surface area contributed by atoms with E-state index in [1.165, 1.54) is 6.07 Å².